The normalized spacial score (nSPS) is 15.8. The standard InChI is InChI=1S/C29H29N3O3/c1-35-25-15-9-21(10-16-25)17-20-32-28(33)26(22-7-3-2-4-8-22)27(29(32)34)30-23-11-13-24(14-12-23)31-18-5-6-19-31/h2-4,7-16,30H,5-6,17-20H2,1H3. The first-order chi connectivity index (χ1) is 17.1. The van der Waals surface area contributed by atoms with Crippen LogP contribution in [0.5, 0.6) is 5.75 Å². The number of carbonyl (C=O) groups excluding carboxylic acids is 2. The highest BCUT2D eigenvalue weighted by Gasteiger charge is 2.38. The zero-order valence-corrected chi connectivity index (χ0v) is 19.9. The quantitative estimate of drug-likeness (QED) is 0.486. The summed E-state index contributed by atoms with van der Waals surface area (Å²) in [6.07, 6.45) is 3.01. The van der Waals surface area contributed by atoms with Gasteiger partial charge >= 0.3 is 0 Å². The predicted molar refractivity (Wildman–Crippen MR) is 138 cm³/mol. The molecular formula is C29H29N3O3. The minimum atomic E-state index is -0.300. The SMILES string of the molecule is COc1ccc(CCN2C(=O)C(Nc3ccc(N4CCCC4)cc3)=C(c3ccccc3)C2=O)cc1. The number of anilines is 2. The monoisotopic (exact) mass is 467 g/mol. The average molecular weight is 468 g/mol. The molecule has 2 heterocycles. The smallest absolute Gasteiger partial charge is 0.278 e. The van der Waals surface area contributed by atoms with E-state index < -0.39 is 0 Å². The fourth-order valence-corrected chi connectivity index (χ4v) is 4.68. The average Bonchev–Trinajstić information content (AvgIpc) is 3.52. The van der Waals surface area contributed by atoms with Gasteiger partial charge in [0.2, 0.25) is 0 Å². The maximum Gasteiger partial charge on any atom is 0.278 e. The third kappa shape index (κ3) is 4.78. The minimum Gasteiger partial charge on any atom is -0.497 e. The fourth-order valence-electron chi connectivity index (χ4n) is 4.68. The van der Waals surface area contributed by atoms with Crippen LogP contribution >= 0.6 is 0 Å². The van der Waals surface area contributed by atoms with Gasteiger partial charge in [-0.3, -0.25) is 14.5 Å². The van der Waals surface area contributed by atoms with Gasteiger partial charge in [0.1, 0.15) is 11.4 Å². The molecule has 5 rings (SSSR count). The van der Waals surface area contributed by atoms with Crippen LogP contribution in [0.25, 0.3) is 5.57 Å². The summed E-state index contributed by atoms with van der Waals surface area (Å²) in [4.78, 5) is 30.6. The lowest BCUT2D eigenvalue weighted by atomic mass is 10.0. The van der Waals surface area contributed by atoms with Crippen LogP contribution in [0.2, 0.25) is 0 Å². The number of carbonyl (C=O) groups is 2. The molecule has 2 aliphatic heterocycles. The Bertz CT molecular complexity index is 1230. The first-order valence-electron chi connectivity index (χ1n) is 12.0. The van der Waals surface area contributed by atoms with Crippen molar-refractivity contribution in [3.63, 3.8) is 0 Å². The second kappa shape index (κ2) is 10.1. The molecule has 0 spiro atoms. The molecule has 6 heteroatoms. The Kier molecular flexibility index (Phi) is 6.53. The maximum absolute atomic E-state index is 13.5. The van der Waals surface area contributed by atoms with Crippen LogP contribution < -0.4 is 15.0 Å². The molecule has 0 bridgehead atoms. The zero-order valence-electron chi connectivity index (χ0n) is 19.9. The zero-order chi connectivity index (χ0) is 24.2. The van der Waals surface area contributed by atoms with E-state index in [9.17, 15) is 9.59 Å². The molecule has 0 unspecified atom stereocenters. The molecule has 0 atom stereocenters. The number of rotatable bonds is 8. The van der Waals surface area contributed by atoms with Gasteiger partial charge in [-0.1, -0.05) is 42.5 Å². The molecule has 2 aliphatic rings. The molecule has 1 saturated heterocycles. The van der Waals surface area contributed by atoms with Crippen LogP contribution in [0.15, 0.2) is 84.6 Å². The summed E-state index contributed by atoms with van der Waals surface area (Å²) >= 11 is 0. The van der Waals surface area contributed by atoms with E-state index in [1.807, 2.05) is 66.7 Å². The number of methoxy groups -OCH3 is 1. The molecule has 1 N–H and O–H groups in total. The van der Waals surface area contributed by atoms with Crippen LogP contribution in [0.1, 0.15) is 24.0 Å². The third-order valence-electron chi connectivity index (χ3n) is 6.62. The number of amides is 2. The van der Waals surface area contributed by atoms with Crippen LogP contribution in [0, 0.1) is 0 Å². The van der Waals surface area contributed by atoms with Gasteiger partial charge in [-0.05, 0) is 66.8 Å². The summed E-state index contributed by atoms with van der Waals surface area (Å²) in [6, 6.07) is 25.2. The second-order valence-electron chi connectivity index (χ2n) is 8.84. The van der Waals surface area contributed by atoms with E-state index in [1.54, 1.807) is 7.11 Å². The Hall–Kier alpha value is -4.06. The molecular weight excluding hydrogens is 438 g/mol. The van der Waals surface area contributed by atoms with Gasteiger partial charge in [0.05, 0.1) is 12.7 Å². The van der Waals surface area contributed by atoms with Gasteiger partial charge in [0.25, 0.3) is 11.8 Å². The highest BCUT2D eigenvalue weighted by atomic mass is 16.5. The van der Waals surface area contributed by atoms with Gasteiger partial charge in [-0.25, -0.2) is 0 Å². The Morgan fingerprint density at radius 3 is 2.17 bits per heavy atom. The molecule has 6 nitrogen and oxygen atoms in total. The highest BCUT2D eigenvalue weighted by Crippen LogP contribution is 2.31. The number of nitrogens with zero attached hydrogens (tertiary/aromatic N) is 2. The van der Waals surface area contributed by atoms with Crippen molar-refractivity contribution in [2.45, 2.75) is 19.3 Å². The van der Waals surface area contributed by atoms with E-state index >= 15 is 0 Å². The van der Waals surface area contributed by atoms with Crippen molar-refractivity contribution in [1.29, 1.82) is 0 Å². The molecule has 0 aliphatic carbocycles. The number of imide groups is 1. The van der Waals surface area contributed by atoms with Gasteiger partial charge in [0.15, 0.2) is 0 Å². The maximum atomic E-state index is 13.5. The Morgan fingerprint density at radius 1 is 0.829 bits per heavy atom. The first-order valence-corrected chi connectivity index (χ1v) is 12.0. The van der Waals surface area contributed by atoms with Gasteiger partial charge in [-0.2, -0.15) is 0 Å². The molecule has 0 aromatic heterocycles. The minimum absolute atomic E-state index is 0.272. The summed E-state index contributed by atoms with van der Waals surface area (Å²) in [5.74, 6) is 0.203. The van der Waals surface area contributed by atoms with E-state index in [2.05, 4.69) is 22.3 Å². The molecule has 2 amide bonds. The number of hydrogen-bond donors (Lipinski definition) is 1. The summed E-state index contributed by atoms with van der Waals surface area (Å²) < 4.78 is 5.21. The molecule has 3 aromatic carbocycles. The number of nitrogens with one attached hydrogen (secondary N) is 1. The fraction of sp³-hybridized carbons (Fsp3) is 0.241. The van der Waals surface area contributed by atoms with Crippen molar-refractivity contribution in [3.8, 4) is 5.75 Å². The number of benzene rings is 3. The number of hydrogen-bond acceptors (Lipinski definition) is 5. The lowest BCUT2D eigenvalue weighted by molar-refractivity contribution is -0.136. The molecule has 0 saturated carbocycles. The topological polar surface area (TPSA) is 61.9 Å². The van der Waals surface area contributed by atoms with E-state index in [1.165, 1.54) is 23.4 Å². The van der Waals surface area contributed by atoms with Crippen LogP contribution in [0.3, 0.4) is 0 Å². The summed E-state index contributed by atoms with van der Waals surface area (Å²) in [6.45, 7) is 2.46. The van der Waals surface area contributed by atoms with Crippen molar-refractivity contribution in [2.75, 3.05) is 37.0 Å². The Morgan fingerprint density at radius 2 is 1.51 bits per heavy atom. The highest BCUT2D eigenvalue weighted by molar-refractivity contribution is 6.36. The van der Waals surface area contributed by atoms with E-state index in [-0.39, 0.29) is 11.8 Å². The largest absolute Gasteiger partial charge is 0.497 e. The van der Waals surface area contributed by atoms with E-state index in [0.29, 0.717) is 24.2 Å². The lowest BCUT2D eigenvalue weighted by Crippen LogP contribution is -2.34. The van der Waals surface area contributed by atoms with Crippen molar-refractivity contribution in [2.24, 2.45) is 0 Å². The van der Waals surface area contributed by atoms with Crippen LogP contribution in [-0.2, 0) is 16.0 Å². The van der Waals surface area contributed by atoms with Crippen molar-refractivity contribution >= 4 is 28.8 Å². The van der Waals surface area contributed by atoms with Crippen molar-refractivity contribution < 1.29 is 14.3 Å². The third-order valence-corrected chi connectivity index (χ3v) is 6.62. The molecule has 35 heavy (non-hydrogen) atoms. The molecule has 3 aromatic rings. The van der Waals surface area contributed by atoms with Gasteiger partial charge in [0, 0.05) is 31.0 Å². The molecule has 178 valence electrons. The Balaban J connectivity index is 1.38. The summed E-state index contributed by atoms with van der Waals surface area (Å²) in [7, 11) is 1.63. The van der Waals surface area contributed by atoms with Crippen molar-refractivity contribution in [3.05, 3.63) is 95.7 Å². The van der Waals surface area contributed by atoms with Crippen molar-refractivity contribution in [1.82, 2.24) is 4.90 Å². The number of ether oxygens (including phenoxy) is 1. The lowest BCUT2D eigenvalue weighted by Gasteiger charge is -2.18. The molecule has 0 radical (unpaired) electrons. The second-order valence-corrected chi connectivity index (χ2v) is 8.84. The summed E-state index contributed by atoms with van der Waals surface area (Å²) in [5, 5.41) is 3.26. The summed E-state index contributed by atoms with van der Waals surface area (Å²) in [5.41, 5.74) is 4.47. The Labute approximate surface area is 205 Å². The van der Waals surface area contributed by atoms with Gasteiger partial charge < -0.3 is 15.0 Å². The first kappa shape index (κ1) is 22.7. The van der Waals surface area contributed by atoms with Crippen LogP contribution in [0.4, 0.5) is 11.4 Å². The van der Waals surface area contributed by atoms with E-state index in [4.69, 9.17) is 4.74 Å². The van der Waals surface area contributed by atoms with E-state index in [0.717, 1.165) is 35.7 Å². The predicted octanol–water partition coefficient (Wildman–Crippen LogP) is 4.73. The van der Waals surface area contributed by atoms with Crippen LogP contribution in [-0.4, -0.2) is 43.5 Å². The molecule has 1 fully saturated rings. The van der Waals surface area contributed by atoms with Gasteiger partial charge in [-0.15, -0.1) is 0 Å².